The molecule has 0 radical (unpaired) electrons. The Balaban J connectivity index is 0.837. The van der Waals surface area contributed by atoms with E-state index in [1.165, 1.54) is 53.8 Å². The minimum Gasteiger partial charge on any atom is -0.354 e. The van der Waals surface area contributed by atoms with Crippen LogP contribution in [0.3, 0.4) is 0 Å². The van der Waals surface area contributed by atoms with E-state index < -0.39 is 4.99 Å². The van der Waals surface area contributed by atoms with E-state index in [2.05, 4.69) is 96.7 Å². The molecule has 0 saturated carbocycles. The van der Waals surface area contributed by atoms with Crippen molar-refractivity contribution in [1.82, 2.24) is 39.8 Å². The molecular formula is C54H52N12O2S4. The second kappa shape index (κ2) is 19.5. The van der Waals surface area contributed by atoms with Crippen molar-refractivity contribution < 1.29 is 0 Å². The number of hydrogen-bond acceptors (Lipinski definition) is 14. The summed E-state index contributed by atoms with van der Waals surface area (Å²) in [5.74, 6) is 0. The molecular weight excluding hydrogens is 977 g/mol. The van der Waals surface area contributed by atoms with Gasteiger partial charge in [0.1, 0.15) is 0 Å². The predicted octanol–water partition coefficient (Wildman–Crippen LogP) is 14.6. The lowest BCUT2D eigenvalue weighted by Crippen LogP contribution is -2.30. The number of aromatic nitrogens is 7. The van der Waals surface area contributed by atoms with Crippen LogP contribution in [0.2, 0.25) is 0 Å². The lowest BCUT2D eigenvalue weighted by molar-refractivity contribution is 0.357. The summed E-state index contributed by atoms with van der Waals surface area (Å²) < 4.78 is 2.89. The van der Waals surface area contributed by atoms with Crippen LogP contribution in [0.4, 0.5) is 16.5 Å². The Morgan fingerprint density at radius 3 is 1.62 bits per heavy atom. The molecule has 1 aliphatic heterocycles. The van der Waals surface area contributed by atoms with Gasteiger partial charge in [-0.15, -0.1) is 43.1 Å². The van der Waals surface area contributed by atoms with E-state index in [0.717, 1.165) is 56.3 Å². The fraction of sp³-hybridized carbons (Fsp3) is 0.241. The molecule has 0 amide bonds. The highest BCUT2D eigenvalue weighted by molar-refractivity contribution is 8.04. The Kier molecular flexibility index (Phi) is 13.1. The summed E-state index contributed by atoms with van der Waals surface area (Å²) >= 11 is 5.84. The van der Waals surface area contributed by atoms with Gasteiger partial charge in [-0.25, -0.2) is 15.0 Å². The van der Waals surface area contributed by atoms with Crippen LogP contribution in [0.25, 0.3) is 55.3 Å². The average molecular weight is 1030 g/mol. The fourth-order valence-electron chi connectivity index (χ4n) is 8.72. The number of azo groups is 2. The number of aromatic amines is 2. The van der Waals surface area contributed by atoms with Gasteiger partial charge in [0.05, 0.1) is 28.5 Å². The standard InChI is InChI=1S/C54H52N12O2S4/c1-32-46(52(3,4)5)72-54(8,58-32)64-60-45-43(38-22-16-11-17-23-38)63-66(48(45)68)51-57-41(31-70-51)36-26-24-34(25-27-36)28-53(6,7)29-39-33(2)71-49(55-39)61-59-44-42(37-20-14-10-15-21-37)62-65(47(44)67)50-56-40(30-69-50)35-18-12-9-13-19-35/h9-27,30-31,58,62-63H,28-29H2,1-8H3. The van der Waals surface area contributed by atoms with Crippen molar-refractivity contribution in [3.8, 4) is 55.3 Å². The highest BCUT2D eigenvalue weighted by atomic mass is 32.2. The van der Waals surface area contributed by atoms with Crippen molar-refractivity contribution in [1.29, 1.82) is 0 Å². The second-order valence-electron chi connectivity index (χ2n) is 19.6. The first-order valence-electron chi connectivity index (χ1n) is 23.4. The Bertz CT molecular complexity index is 3630. The lowest BCUT2D eigenvalue weighted by atomic mass is 9.81. The third kappa shape index (κ3) is 10.2. The predicted molar refractivity (Wildman–Crippen MR) is 294 cm³/mol. The maximum Gasteiger partial charge on any atom is 0.301 e. The van der Waals surface area contributed by atoms with Gasteiger partial charge in [-0.2, -0.15) is 9.36 Å². The molecule has 0 spiro atoms. The van der Waals surface area contributed by atoms with Crippen LogP contribution in [0, 0.1) is 17.8 Å². The summed E-state index contributed by atoms with van der Waals surface area (Å²) in [6.45, 7) is 17.1. The molecule has 18 heteroatoms. The molecule has 0 fully saturated rings. The summed E-state index contributed by atoms with van der Waals surface area (Å²) in [5.41, 5.74) is 8.88. The van der Waals surface area contributed by atoms with Crippen LogP contribution >= 0.6 is 45.8 Å². The zero-order chi connectivity index (χ0) is 50.4. The SMILES string of the molecule is CC1=C(C(C)(C)C)SC(C)(N=Nc2c(-c3ccccc3)[nH]n(-c3nc(-c4ccc(CC(C)(C)Cc5nc(N=Nc6c(-c7ccccc7)[nH]n(-c7nc(-c8ccccc8)cs7)c6=O)sc5C)cc4)cs3)c2=O)N1. The highest BCUT2D eigenvalue weighted by Gasteiger charge is 2.38. The topological polar surface area (TPSA) is 176 Å². The molecule has 9 aromatic rings. The number of benzene rings is 4. The van der Waals surface area contributed by atoms with Crippen LogP contribution in [0.5, 0.6) is 0 Å². The molecule has 1 atom stereocenters. The first-order chi connectivity index (χ1) is 34.5. The number of thiazole rings is 3. The van der Waals surface area contributed by atoms with Crippen LogP contribution in [0.15, 0.2) is 167 Å². The summed E-state index contributed by atoms with van der Waals surface area (Å²) in [6.07, 6.45) is 1.51. The Morgan fingerprint density at radius 2 is 1.11 bits per heavy atom. The normalized spacial score (nSPS) is 15.4. The van der Waals surface area contributed by atoms with Gasteiger partial charge in [-0.3, -0.25) is 19.8 Å². The fourth-order valence-corrected chi connectivity index (χ4v) is 12.2. The van der Waals surface area contributed by atoms with Crippen molar-refractivity contribution in [2.45, 2.75) is 73.2 Å². The maximum atomic E-state index is 14.2. The molecule has 1 aliphatic rings. The van der Waals surface area contributed by atoms with E-state index in [1.54, 1.807) is 11.8 Å². The van der Waals surface area contributed by atoms with Crippen LogP contribution < -0.4 is 16.4 Å². The van der Waals surface area contributed by atoms with E-state index in [1.807, 2.05) is 116 Å². The molecule has 0 saturated heterocycles. The van der Waals surface area contributed by atoms with Crippen LogP contribution in [-0.2, 0) is 12.8 Å². The van der Waals surface area contributed by atoms with Crippen molar-refractivity contribution in [3.63, 3.8) is 0 Å². The van der Waals surface area contributed by atoms with E-state index in [-0.39, 0.29) is 33.3 Å². The van der Waals surface area contributed by atoms with Gasteiger partial charge < -0.3 is 5.32 Å². The van der Waals surface area contributed by atoms with Crippen LogP contribution in [0.1, 0.15) is 64.6 Å². The third-order valence-electron chi connectivity index (χ3n) is 12.1. The molecule has 364 valence electrons. The molecule has 4 aromatic carbocycles. The molecule has 1 unspecified atom stereocenters. The molecule has 72 heavy (non-hydrogen) atoms. The van der Waals surface area contributed by atoms with Gasteiger partial charge in [0.2, 0.25) is 15.4 Å². The number of H-pyrrole nitrogens is 2. The van der Waals surface area contributed by atoms with Crippen molar-refractivity contribution in [2.75, 3.05) is 0 Å². The first kappa shape index (κ1) is 48.5. The van der Waals surface area contributed by atoms with Crippen LogP contribution in [-0.4, -0.2) is 39.5 Å². The number of rotatable bonds is 14. The number of aryl methyl sites for hydroxylation is 1. The minimum absolute atomic E-state index is 0.0541. The lowest BCUT2D eigenvalue weighted by Gasteiger charge is -2.24. The largest absolute Gasteiger partial charge is 0.354 e. The summed E-state index contributed by atoms with van der Waals surface area (Å²) in [4.78, 5) is 44.3. The van der Waals surface area contributed by atoms with Crippen molar-refractivity contribution in [3.05, 3.63) is 173 Å². The number of thioether (sulfide) groups is 1. The smallest absolute Gasteiger partial charge is 0.301 e. The van der Waals surface area contributed by atoms with Crippen molar-refractivity contribution in [2.24, 2.45) is 31.3 Å². The number of hydrogen-bond donors (Lipinski definition) is 3. The number of nitrogens with one attached hydrogen (secondary N) is 3. The van der Waals surface area contributed by atoms with Gasteiger partial charge in [-0.05, 0) is 50.0 Å². The van der Waals surface area contributed by atoms with Gasteiger partial charge in [-0.1, -0.05) is 173 Å². The average Bonchev–Trinajstić information content (AvgIpc) is 4.24. The van der Waals surface area contributed by atoms with E-state index in [4.69, 9.17) is 20.1 Å². The summed E-state index contributed by atoms with van der Waals surface area (Å²) in [7, 11) is 0. The van der Waals surface area contributed by atoms with Gasteiger partial charge in [0.25, 0.3) is 0 Å². The zero-order valence-corrected chi connectivity index (χ0v) is 44.3. The molecule has 14 nitrogen and oxygen atoms in total. The Morgan fingerprint density at radius 1 is 0.611 bits per heavy atom. The molecule has 0 aliphatic carbocycles. The second-order valence-corrected chi connectivity index (χ2v) is 23.9. The quantitative estimate of drug-likeness (QED) is 0.0908. The third-order valence-corrected chi connectivity index (χ3v) is 16.3. The molecule has 5 aromatic heterocycles. The summed E-state index contributed by atoms with van der Waals surface area (Å²) in [6, 6.07) is 37.6. The Labute approximate surface area is 432 Å². The monoisotopic (exact) mass is 1030 g/mol. The van der Waals surface area contributed by atoms with E-state index in [0.29, 0.717) is 33.2 Å². The number of nitrogens with zero attached hydrogens (tertiary/aromatic N) is 9. The molecule has 0 bridgehead atoms. The minimum atomic E-state index is -0.758. The summed E-state index contributed by atoms with van der Waals surface area (Å²) in [5, 5.41) is 33.8. The Hall–Kier alpha value is -7.12. The number of allylic oxidation sites excluding steroid dienone is 2. The molecule has 10 rings (SSSR count). The van der Waals surface area contributed by atoms with Crippen molar-refractivity contribution >= 4 is 62.3 Å². The highest BCUT2D eigenvalue weighted by Crippen LogP contribution is 2.48. The van der Waals surface area contributed by atoms with E-state index in [9.17, 15) is 9.59 Å². The van der Waals surface area contributed by atoms with Gasteiger partial charge >= 0.3 is 11.1 Å². The van der Waals surface area contributed by atoms with E-state index >= 15 is 0 Å². The first-order valence-corrected chi connectivity index (χ1v) is 26.8. The van der Waals surface area contributed by atoms with Gasteiger partial charge in [0.15, 0.2) is 16.4 Å². The zero-order valence-electron chi connectivity index (χ0n) is 41.0. The molecule has 6 heterocycles. The van der Waals surface area contributed by atoms with Gasteiger partial charge in [0, 0.05) is 48.5 Å². The molecule has 3 N–H and O–H groups in total. The maximum absolute atomic E-state index is 14.2.